The highest BCUT2D eigenvalue weighted by atomic mass is 19.1. The zero-order chi connectivity index (χ0) is 8.85. The van der Waals surface area contributed by atoms with Crippen LogP contribution in [0.1, 0.15) is 27.2 Å². The van der Waals surface area contributed by atoms with E-state index in [0.717, 1.165) is 13.0 Å². The summed E-state index contributed by atoms with van der Waals surface area (Å²) in [5.74, 6) is 0.279. The van der Waals surface area contributed by atoms with Crippen molar-refractivity contribution in [2.24, 2.45) is 5.92 Å². The van der Waals surface area contributed by atoms with Crippen LogP contribution >= 0.6 is 0 Å². The highest BCUT2D eigenvalue weighted by Crippen LogP contribution is 2.17. The molecule has 2 atom stereocenters. The number of likely N-dealkylation sites (tertiary alicyclic amines) is 1. The number of hydrogen-bond acceptors (Lipinski definition) is 1. The standard InChI is InChI=1S/C7H14FN.C2H6/c1-6-3-4-9(2)5-7(6)8;1-2/h6-7H,3-5H2,1-2H3;1-2H3/t6-,7?;/m0./s1. The van der Waals surface area contributed by atoms with Crippen LogP contribution in [0.25, 0.3) is 0 Å². The maximum atomic E-state index is 12.8. The van der Waals surface area contributed by atoms with Crippen LogP contribution < -0.4 is 0 Å². The van der Waals surface area contributed by atoms with Crippen molar-refractivity contribution in [2.45, 2.75) is 33.4 Å². The third-order valence-electron chi connectivity index (χ3n) is 2.07. The number of halogens is 1. The van der Waals surface area contributed by atoms with Gasteiger partial charge in [0.1, 0.15) is 6.17 Å². The molecule has 0 N–H and O–H groups in total. The van der Waals surface area contributed by atoms with E-state index in [-0.39, 0.29) is 5.92 Å². The lowest BCUT2D eigenvalue weighted by atomic mass is 9.98. The lowest BCUT2D eigenvalue weighted by Gasteiger charge is -2.29. The molecule has 1 heterocycles. The summed E-state index contributed by atoms with van der Waals surface area (Å²) in [6.07, 6.45) is 0.418. The van der Waals surface area contributed by atoms with E-state index in [1.165, 1.54) is 0 Å². The molecule has 1 aliphatic heterocycles. The maximum absolute atomic E-state index is 12.8. The van der Waals surface area contributed by atoms with E-state index >= 15 is 0 Å². The second-order valence-corrected chi connectivity index (χ2v) is 3.04. The van der Waals surface area contributed by atoms with E-state index in [1.54, 1.807) is 0 Å². The van der Waals surface area contributed by atoms with Gasteiger partial charge in [0, 0.05) is 6.54 Å². The van der Waals surface area contributed by atoms with Gasteiger partial charge in [-0.05, 0) is 25.9 Å². The van der Waals surface area contributed by atoms with Gasteiger partial charge in [0.05, 0.1) is 0 Å². The van der Waals surface area contributed by atoms with Crippen molar-refractivity contribution in [3.63, 3.8) is 0 Å². The van der Waals surface area contributed by atoms with Gasteiger partial charge < -0.3 is 4.90 Å². The summed E-state index contributed by atoms with van der Waals surface area (Å²) in [5, 5.41) is 0. The minimum absolute atomic E-state index is 0.279. The Bertz CT molecular complexity index is 95.6. The highest BCUT2D eigenvalue weighted by Gasteiger charge is 2.22. The second-order valence-electron chi connectivity index (χ2n) is 3.04. The first kappa shape index (κ1) is 10.9. The fourth-order valence-electron chi connectivity index (χ4n) is 1.17. The van der Waals surface area contributed by atoms with Crippen molar-refractivity contribution in [3.8, 4) is 0 Å². The Balaban J connectivity index is 0.000000461. The van der Waals surface area contributed by atoms with Gasteiger partial charge in [-0.15, -0.1) is 0 Å². The van der Waals surface area contributed by atoms with Crippen molar-refractivity contribution in [2.75, 3.05) is 20.1 Å². The summed E-state index contributed by atoms with van der Waals surface area (Å²) < 4.78 is 12.8. The molecule has 0 aromatic heterocycles. The molecule has 1 unspecified atom stereocenters. The quantitative estimate of drug-likeness (QED) is 0.527. The first-order valence-corrected chi connectivity index (χ1v) is 4.53. The van der Waals surface area contributed by atoms with Gasteiger partial charge in [-0.1, -0.05) is 20.8 Å². The first-order valence-electron chi connectivity index (χ1n) is 4.53. The Morgan fingerprint density at radius 1 is 1.36 bits per heavy atom. The molecule has 0 saturated carbocycles. The molecule has 0 amide bonds. The van der Waals surface area contributed by atoms with Crippen LogP contribution in [0.15, 0.2) is 0 Å². The van der Waals surface area contributed by atoms with E-state index in [2.05, 4.69) is 0 Å². The number of nitrogens with zero attached hydrogens (tertiary/aromatic N) is 1. The molecule has 0 bridgehead atoms. The zero-order valence-electron chi connectivity index (χ0n) is 8.10. The van der Waals surface area contributed by atoms with Crippen molar-refractivity contribution in [3.05, 3.63) is 0 Å². The van der Waals surface area contributed by atoms with Crippen LogP contribution in [0.4, 0.5) is 4.39 Å². The summed E-state index contributed by atoms with van der Waals surface area (Å²) >= 11 is 0. The predicted molar refractivity (Wildman–Crippen MR) is 47.5 cm³/mol. The van der Waals surface area contributed by atoms with Gasteiger partial charge in [-0.25, -0.2) is 4.39 Å². The van der Waals surface area contributed by atoms with E-state index in [9.17, 15) is 4.39 Å². The first-order chi connectivity index (χ1) is 5.20. The molecule has 1 fully saturated rings. The number of piperidine rings is 1. The summed E-state index contributed by atoms with van der Waals surface area (Å²) in [4.78, 5) is 2.05. The van der Waals surface area contributed by atoms with Crippen LogP contribution in [-0.2, 0) is 0 Å². The van der Waals surface area contributed by atoms with Crippen molar-refractivity contribution < 1.29 is 4.39 Å². The van der Waals surface area contributed by atoms with Gasteiger partial charge in [-0.2, -0.15) is 0 Å². The fraction of sp³-hybridized carbons (Fsp3) is 1.00. The SMILES string of the molecule is CC.C[C@H]1CCN(C)CC1F. The lowest BCUT2D eigenvalue weighted by molar-refractivity contribution is 0.112. The van der Waals surface area contributed by atoms with Crippen LogP contribution in [0.2, 0.25) is 0 Å². The minimum atomic E-state index is -0.594. The van der Waals surface area contributed by atoms with E-state index in [0.29, 0.717) is 6.54 Å². The largest absolute Gasteiger partial charge is 0.303 e. The molecular formula is C9H20FN. The van der Waals surface area contributed by atoms with Crippen LogP contribution in [-0.4, -0.2) is 31.2 Å². The number of alkyl halides is 1. The molecule has 0 aromatic rings. The molecule has 1 aliphatic rings. The third kappa shape index (κ3) is 3.71. The smallest absolute Gasteiger partial charge is 0.115 e. The number of hydrogen-bond donors (Lipinski definition) is 0. The van der Waals surface area contributed by atoms with Crippen molar-refractivity contribution in [1.82, 2.24) is 4.90 Å². The Labute approximate surface area is 69.6 Å². The average molecular weight is 161 g/mol. The van der Waals surface area contributed by atoms with Crippen LogP contribution in [0.3, 0.4) is 0 Å². The number of rotatable bonds is 0. The monoisotopic (exact) mass is 161 g/mol. The van der Waals surface area contributed by atoms with Gasteiger partial charge in [0.25, 0.3) is 0 Å². The van der Waals surface area contributed by atoms with Crippen molar-refractivity contribution >= 4 is 0 Å². The fourth-order valence-corrected chi connectivity index (χ4v) is 1.17. The van der Waals surface area contributed by atoms with Gasteiger partial charge >= 0.3 is 0 Å². The minimum Gasteiger partial charge on any atom is -0.303 e. The molecular weight excluding hydrogens is 141 g/mol. The molecule has 1 rings (SSSR count). The van der Waals surface area contributed by atoms with Crippen molar-refractivity contribution in [1.29, 1.82) is 0 Å². The summed E-state index contributed by atoms with van der Waals surface area (Å²) in [5.41, 5.74) is 0. The highest BCUT2D eigenvalue weighted by molar-refractivity contribution is 4.74. The average Bonchev–Trinajstić information content (AvgIpc) is 2.02. The Morgan fingerprint density at radius 2 is 1.91 bits per heavy atom. The molecule has 0 aliphatic carbocycles. The molecule has 0 spiro atoms. The third-order valence-corrected chi connectivity index (χ3v) is 2.07. The summed E-state index contributed by atoms with van der Waals surface area (Å²) in [7, 11) is 1.97. The predicted octanol–water partition coefficient (Wildman–Crippen LogP) is 2.32. The van der Waals surface area contributed by atoms with Gasteiger partial charge in [0.2, 0.25) is 0 Å². The van der Waals surface area contributed by atoms with E-state index in [1.807, 2.05) is 32.7 Å². The topological polar surface area (TPSA) is 3.24 Å². The van der Waals surface area contributed by atoms with Gasteiger partial charge in [-0.3, -0.25) is 0 Å². The normalized spacial score (nSPS) is 32.5. The van der Waals surface area contributed by atoms with E-state index < -0.39 is 6.17 Å². The van der Waals surface area contributed by atoms with Gasteiger partial charge in [0.15, 0.2) is 0 Å². The molecule has 11 heavy (non-hydrogen) atoms. The lowest BCUT2D eigenvalue weighted by Crippen LogP contribution is -2.38. The Hall–Kier alpha value is -0.110. The molecule has 1 nitrogen and oxygen atoms in total. The van der Waals surface area contributed by atoms with Crippen LogP contribution in [0.5, 0.6) is 0 Å². The van der Waals surface area contributed by atoms with E-state index in [4.69, 9.17) is 0 Å². The summed E-state index contributed by atoms with van der Waals surface area (Å²) in [6, 6.07) is 0. The maximum Gasteiger partial charge on any atom is 0.115 e. The van der Waals surface area contributed by atoms with Crippen LogP contribution in [0, 0.1) is 5.92 Å². The molecule has 68 valence electrons. The molecule has 0 aromatic carbocycles. The summed E-state index contributed by atoms with van der Waals surface area (Å²) in [6.45, 7) is 7.67. The molecule has 1 saturated heterocycles. The molecule has 0 radical (unpaired) electrons. The molecule has 2 heteroatoms. The Morgan fingerprint density at radius 3 is 2.27 bits per heavy atom. The zero-order valence-corrected chi connectivity index (χ0v) is 8.10. The second kappa shape index (κ2) is 5.53. The Kier molecular flexibility index (Phi) is 5.47.